The maximum atomic E-state index is 3.73. The van der Waals surface area contributed by atoms with Gasteiger partial charge in [0.15, 0.2) is 0 Å². The van der Waals surface area contributed by atoms with E-state index in [0.717, 1.165) is 6.42 Å². The molecule has 0 aliphatic carbocycles. The Bertz CT molecular complexity index is 198. The van der Waals surface area contributed by atoms with Gasteiger partial charge in [0.25, 0.3) is 0 Å². The summed E-state index contributed by atoms with van der Waals surface area (Å²) in [6.45, 7) is 5.99. The molecule has 0 rings (SSSR count). The van der Waals surface area contributed by atoms with E-state index in [1.807, 2.05) is 6.08 Å². The highest BCUT2D eigenvalue weighted by atomic mass is 13.9. The van der Waals surface area contributed by atoms with E-state index in [9.17, 15) is 0 Å². The van der Waals surface area contributed by atoms with Crippen molar-refractivity contribution in [3.63, 3.8) is 0 Å². The quantitative estimate of drug-likeness (QED) is 0.214. The van der Waals surface area contributed by atoms with Gasteiger partial charge in [0.2, 0.25) is 0 Å². The number of unbranched alkanes of at least 4 members (excludes halogenated alkanes) is 8. The molecule has 0 aromatic heterocycles. The lowest BCUT2D eigenvalue weighted by Gasteiger charge is -1.95. The van der Waals surface area contributed by atoms with Gasteiger partial charge in [-0.1, -0.05) is 63.0 Å². The van der Waals surface area contributed by atoms with Gasteiger partial charge in [0.05, 0.1) is 0 Å². The van der Waals surface area contributed by atoms with E-state index in [1.54, 1.807) is 0 Å². The van der Waals surface area contributed by atoms with Crippen molar-refractivity contribution < 1.29 is 0 Å². The van der Waals surface area contributed by atoms with Crippen molar-refractivity contribution in [2.45, 2.75) is 71.1 Å². The lowest BCUT2D eigenvalue weighted by Crippen LogP contribution is -1.75. The zero-order valence-corrected chi connectivity index (χ0v) is 11.7. The Morgan fingerprint density at radius 3 is 1.82 bits per heavy atom. The second-order valence-electron chi connectivity index (χ2n) is 4.63. The Hall–Kier alpha value is -0.780. The molecule has 0 saturated heterocycles. The summed E-state index contributed by atoms with van der Waals surface area (Å²) in [5, 5.41) is 0. The van der Waals surface area contributed by atoms with Crippen molar-refractivity contribution in [1.29, 1.82) is 0 Å². The topological polar surface area (TPSA) is 0 Å². The Morgan fingerprint density at radius 1 is 0.706 bits per heavy atom. The first-order chi connectivity index (χ1) is 8.41. The molecule has 0 fully saturated rings. The van der Waals surface area contributed by atoms with E-state index in [2.05, 4.69) is 37.8 Å². The lowest BCUT2D eigenvalue weighted by molar-refractivity contribution is 0.637. The third kappa shape index (κ3) is 15.2. The van der Waals surface area contributed by atoms with Gasteiger partial charge in [-0.15, -0.1) is 6.58 Å². The highest BCUT2D eigenvalue weighted by molar-refractivity contribution is 5.02. The minimum Gasteiger partial charge on any atom is -0.103 e. The molecule has 0 heteroatoms. The van der Waals surface area contributed by atoms with Crippen molar-refractivity contribution in [3.8, 4) is 0 Å². The molecule has 0 aromatic rings. The molecule has 0 nitrogen and oxygen atoms in total. The molecular weight excluding hydrogens is 204 g/mol. The van der Waals surface area contributed by atoms with E-state index in [0.29, 0.717) is 0 Å². The van der Waals surface area contributed by atoms with Gasteiger partial charge < -0.3 is 0 Å². The van der Waals surface area contributed by atoms with E-state index in [-0.39, 0.29) is 0 Å². The van der Waals surface area contributed by atoms with Gasteiger partial charge in [0, 0.05) is 0 Å². The Kier molecular flexibility index (Phi) is 14.5. The maximum Gasteiger partial charge on any atom is -0.0347 e. The predicted molar refractivity (Wildman–Crippen MR) is 80.3 cm³/mol. The lowest BCUT2D eigenvalue weighted by atomic mass is 10.1. The van der Waals surface area contributed by atoms with Gasteiger partial charge >= 0.3 is 0 Å². The molecule has 0 aliphatic rings. The molecule has 0 amide bonds. The number of hydrogen-bond donors (Lipinski definition) is 0. The average molecular weight is 234 g/mol. The van der Waals surface area contributed by atoms with E-state index < -0.39 is 0 Å². The zero-order chi connectivity index (χ0) is 12.6. The van der Waals surface area contributed by atoms with Crippen LogP contribution in [-0.2, 0) is 0 Å². The number of rotatable bonds is 12. The van der Waals surface area contributed by atoms with Crippen LogP contribution in [0.3, 0.4) is 0 Å². The van der Waals surface area contributed by atoms with Crippen LogP contribution in [0.4, 0.5) is 0 Å². The van der Waals surface area contributed by atoms with E-state index in [4.69, 9.17) is 0 Å². The summed E-state index contributed by atoms with van der Waals surface area (Å²) in [6.07, 6.45) is 24.0. The fraction of sp³-hybridized carbons (Fsp3) is 0.647. The monoisotopic (exact) mass is 234 g/mol. The Morgan fingerprint density at radius 2 is 1.24 bits per heavy atom. The molecule has 0 bridgehead atoms. The minimum absolute atomic E-state index is 1.15. The van der Waals surface area contributed by atoms with Gasteiger partial charge in [-0.25, -0.2) is 0 Å². The van der Waals surface area contributed by atoms with Gasteiger partial charge in [-0.2, -0.15) is 0 Å². The molecule has 0 aliphatic heterocycles. The first-order valence-electron chi connectivity index (χ1n) is 7.34. The first-order valence-corrected chi connectivity index (χ1v) is 7.34. The zero-order valence-electron chi connectivity index (χ0n) is 11.7. The summed E-state index contributed by atoms with van der Waals surface area (Å²) in [5.41, 5.74) is 0. The third-order valence-electron chi connectivity index (χ3n) is 2.89. The molecule has 17 heavy (non-hydrogen) atoms. The minimum atomic E-state index is 1.15. The normalized spacial score (nSPS) is 11.6. The summed E-state index contributed by atoms with van der Waals surface area (Å²) in [6, 6.07) is 0. The first kappa shape index (κ1) is 16.2. The molecular formula is C17H30. The van der Waals surface area contributed by atoms with Crippen molar-refractivity contribution in [2.75, 3.05) is 0 Å². The standard InChI is InChI=1S/C17H30/c1-3-5-7-9-11-13-15-17-16-14-12-10-8-6-4-2/h3,13,15-17H,1,4-12,14H2,2H3. The summed E-state index contributed by atoms with van der Waals surface area (Å²) in [5.74, 6) is 0. The van der Waals surface area contributed by atoms with Crippen molar-refractivity contribution in [1.82, 2.24) is 0 Å². The van der Waals surface area contributed by atoms with Crippen molar-refractivity contribution >= 4 is 0 Å². The highest BCUT2D eigenvalue weighted by Crippen LogP contribution is 2.05. The van der Waals surface area contributed by atoms with Crippen LogP contribution in [0.25, 0.3) is 0 Å². The molecule has 0 atom stereocenters. The smallest absolute Gasteiger partial charge is 0.0347 e. The predicted octanol–water partition coefficient (Wildman–Crippen LogP) is 6.21. The second kappa shape index (κ2) is 15.2. The van der Waals surface area contributed by atoms with Gasteiger partial charge in [-0.05, 0) is 38.5 Å². The van der Waals surface area contributed by atoms with E-state index >= 15 is 0 Å². The number of allylic oxidation sites excluding steroid dienone is 5. The van der Waals surface area contributed by atoms with E-state index in [1.165, 1.54) is 57.8 Å². The SMILES string of the molecule is C=CCCCCC=CC=CCCCCCCC. The number of hydrogen-bond acceptors (Lipinski definition) is 0. The fourth-order valence-electron chi connectivity index (χ4n) is 1.77. The van der Waals surface area contributed by atoms with Crippen molar-refractivity contribution in [2.24, 2.45) is 0 Å². The molecule has 0 radical (unpaired) electrons. The van der Waals surface area contributed by atoms with Crippen LogP contribution in [0.5, 0.6) is 0 Å². The van der Waals surface area contributed by atoms with Crippen LogP contribution in [0.1, 0.15) is 71.1 Å². The summed E-state index contributed by atoms with van der Waals surface area (Å²) < 4.78 is 0. The van der Waals surface area contributed by atoms with Crippen LogP contribution >= 0.6 is 0 Å². The summed E-state index contributed by atoms with van der Waals surface area (Å²) in [4.78, 5) is 0. The molecule has 98 valence electrons. The Labute approximate surface area is 109 Å². The maximum absolute atomic E-state index is 3.73. The summed E-state index contributed by atoms with van der Waals surface area (Å²) in [7, 11) is 0. The molecule has 0 spiro atoms. The Balaban J connectivity index is 3.17. The van der Waals surface area contributed by atoms with Crippen LogP contribution < -0.4 is 0 Å². The summed E-state index contributed by atoms with van der Waals surface area (Å²) >= 11 is 0. The van der Waals surface area contributed by atoms with Crippen molar-refractivity contribution in [3.05, 3.63) is 37.0 Å². The van der Waals surface area contributed by atoms with Gasteiger partial charge in [0.1, 0.15) is 0 Å². The molecule has 0 N–H and O–H groups in total. The fourth-order valence-corrected chi connectivity index (χ4v) is 1.77. The second-order valence-corrected chi connectivity index (χ2v) is 4.63. The van der Waals surface area contributed by atoms with Gasteiger partial charge in [-0.3, -0.25) is 0 Å². The highest BCUT2D eigenvalue weighted by Gasteiger charge is 1.85. The molecule has 0 saturated carbocycles. The molecule has 0 aromatic carbocycles. The van der Waals surface area contributed by atoms with Crippen LogP contribution in [-0.4, -0.2) is 0 Å². The third-order valence-corrected chi connectivity index (χ3v) is 2.89. The largest absolute Gasteiger partial charge is 0.103 e. The average Bonchev–Trinajstić information content (AvgIpc) is 2.35. The molecule has 0 unspecified atom stereocenters. The van der Waals surface area contributed by atoms with Crippen LogP contribution in [0, 0.1) is 0 Å². The van der Waals surface area contributed by atoms with Crippen LogP contribution in [0.2, 0.25) is 0 Å². The molecule has 0 heterocycles. The van der Waals surface area contributed by atoms with Crippen LogP contribution in [0.15, 0.2) is 37.0 Å².